The summed E-state index contributed by atoms with van der Waals surface area (Å²) in [5, 5.41) is 0. The normalized spacial score (nSPS) is 23.8. The fourth-order valence-corrected chi connectivity index (χ4v) is 2.24. The van der Waals surface area contributed by atoms with Crippen molar-refractivity contribution in [2.24, 2.45) is 11.8 Å². The number of hydrogen-bond donors (Lipinski definition) is 0. The highest BCUT2D eigenvalue weighted by Gasteiger charge is 2.26. The fourth-order valence-electron chi connectivity index (χ4n) is 2.24. The first-order valence-electron chi connectivity index (χ1n) is 6.62. The molecule has 3 nitrogen and oxygen atoms in total. The molecule has 0 spiro atoms. The number of rotatable bonds is 2. The second kappa shape index (κ2) is 5.89. The largest absolute Gasteiger partial charge is 0.445 e. The van der Waals surface area contributed by atoms with Gasteiger partial charge >= 0.3 is 6.09 Å². The van der Waals surface area contributed by atoms with Crippen LogP contribution in [-0.4, -0.2) is 24.1 Å². The third-order valence-corrected chi connectivity index (χ3v) is 3.80. The van der Waals surface area contributed by atoms with E-state index in [1.54, 1.807) is 0 Å². The fraction of sp³-hybridized carbons (Fsp3) is 0.533. The van der Waals surface area contributed by atoms with E-state index in [2.05, 4.69) is 13.8 Å². The van der Waals surface area contributed by atoms with Gasteiger partial charge in [0.15, 0.2) is 0 Å². The quantitative estimate of drug-likeness (QED) is 0.802. The van der Waals surface area contributed by atoms with Crippen LogP contribution in [-0.2, 0) is 11.3 Å². The number of amides is 1. The zero-order valence-electron chi connectivity index (χ0n) is 11.1. The first-order chi connectivity index (χ1) is 8.66. The number of ether oxygens (including phenoxy) is 1. The van der Waals surface area contributed by atoms with Crippen LogP contribution in [0.15, 0.2) is 30.3 Å². The van der Waals surface area contributed by atoms with E-state index in [0.717, 1.165) is 25.1 Å². The third-order valence-electron chi connectivity index (χ3n) is 3.80. The molecule has 2 atom stereocenters. The molecule has 2 rings (SSSR count). The predicted molar refractivity (Wildman–Crippen MR) is 71.1 cm³/mol. The van der Waals surface area contributed by atoms with E-state index in [1.165, 1.54) is 0 Å². The molecule has 18 heavy (non-hydrogen) atoms. The molecule has 0 radical (unpaired) electrons. The Morgan fingerprint density at radius 3 is 2.67 bits per heavy atom. The van der Waals surface area contributed by atoms with Crippen molar-refractivity contribution in [2.45, 2.75) is 26.9 Å². The molecule has 0 N–H and O–H groups in total. The van der Waals surface area contributed by atoms with E-state index in [4.69, 9.17) is 4.74 Å². The summed E-state index contributed by atoms with van der Waals surface area (Å²) < 4.78 is 5.34. The van der Waals surface area contributed by atoms with E-state index in [1.807, 2.05) is 35.2 Å². The van der Waals surface area contributed by atoms with Crippen molar-refractivity contribution in [3.05, 3.63) is 35.9 Å². The van der Waals surface area contributed by atoms with Gasteiger partial charge in [-0.3, -0.25) is 0 Å². The highest BCUT2D eigenvalue weighted by molar-refractivity contribution is 5.67. The van der Waals surface area contributed by atoms with Crippen LogP contribution >= 0.6 is 0 Å². The average molecular weight is 247 g/mol. The van der Waals surface area contributed by atoms with E-state index < -0.39 is 0 Å². The summed E-state index contributed by atoms with van der Waals surface area (Å²) in [6, 6.07) is 9.79. The summed E-state index contributed by atoms with van der Waals surface area (Å²) in [5.41, 5.74) is 1.03. The highest BCUT2D eigenvalue weighted by atomic mass is 16.6. The minimum absolute atomic E-state index is 0.183. The summed E-state index contributed by atoms with van der Waals surface area (Å²) in [7, 11) is 0. The van der Waals surface area contributed by atoms with Crippen molar-refractivity contribution in [2.75, 3.05) is 13.1 Å². The zero-order chi connectivity index (χ0) is 13.0. The van der Waals surface area contributed by atoms with Gasteiger partial charge in [0.2, 0.25) is 0 Å². The van der Waals surface area contributed by atoms with E-state index >= 15 is 0 Å². The van der Waals surface area contributed by atoms with Gasteiger partial charge in [-0.05, 0) is 23.8 Å². The van der Waals surface area contributed by atoms with Crippen LogP contribution in [0.4, 0.5) is 4.79 Å². The lowest BCUT2D eigenvalue weighted by Crippen LogP contribution is -2.42. The number of piperidine rings is 1. The van der Waals surface area contributed by atoms with Crippen LogP contribution in [0.5, 0.6) is 0 Å². The maximum Gasteiger partial charge on any atom is 0.410 e. The number of hydrogen-bond acceptors (Lipinski definition) is 2. The maximum absolute atomic E-state index is 11.9. The van der Waals surface area contributed by atoms with Crippen molar-refractivity contribution in [3.63, 3.8) is 0 Å². The van der Waals surface area contributed by atoms with Gasteiger partial charge in [-0.25, -0.2) is 4.79 Å². The van der Waals surface area contributed by atoms with Gasteiger partial charge in [0.05, 0.1) is 0 Å². The Balaban J connectivity index is 1.82. The van der Waals surface area contributed by atoms with Crippen molar-refractivity contribution in [1.29, 1.82) is 0 Å². The molecule has 1 saturated heterocycles. The van der Waals surface area contributed by atoms with Crippen LogP contribution in [0.25, 0.3) is 0 Å². The van der Waals surface area contributed by atoms with Gasteiger partial charge in [0, 0.05) is 13.1 Å². The minimum atomic E-state index is -0.183. The van der Waals surface area contributed by atoms with E-state index in [-0.39, 0.29) is 6.09 Å². The van der Waals surface area contributed by atoms with E-state index in [9.17, 15) is 4.79 Å². The first-order valence-corrected chi connectivity index (χ1v) is 6.62. The second-order valence-electron chi connectivity index (χ2n) is 5.23. The lowest BCUT2D eigenvalue weighted by Gasteiger charge is -2.34. The summed E-state index contributed by atoms with van der Waals surface area (Å²) in [6.07, 6.45) is 0.888. The van der Waals surface area contributed by atoms with Crippen LogP contribution in [0.2, 0.25) is 0 Å². The third kappa shape index (κ3) is 3.25. The zero-order valence-corrected chi connectivity index (χ0v) is 11.1. The Bertz CT molecular complexity index is 391. The van der Waals surface area contributed by atoms with Crippen molar-refractivity contribution in [3.8, 4) is 0 Å². The number of carbonyl (C=O) groups is 1. The summed E-state index contributed by atoms with van der Waals surface area (Å²) in [4.78, 5) is 13.8. The van der Waals surface area contributed by atoms with Crippen molar-refractivity contribution >= 4 is 6.09 Å². The van der Waals surface area contributed by atoms with Crippen molar-refractivity contribution in [1.82, 2.24) is 4.90 Å². The summed E-state index contributed by atoms with van der Waals surface area (Å²) in [6.45, 7) is 6.44. The molecular weight excluding hydrogens is 226 g/mol. The van der Waals surface area contributed by atoms with Crippen LogP contribution < -0.4 is 0 Å². The lowest BCUT2D eigenvalue weighted by atomic mass is 9.89. The van der Waals surface area contributed by atoms with Gasteiger partial charge in [-0.2, -0.15) is 0 Å². The summed E-state index contributed by atoms with van der Waals surface area (Å²) >= 11 is 0. The average Bonchev–Trinajstić information content (AvgIpc) is 2.40. The maximum atomic E-state index is 11.9. The Labute approximate surface area is 109 Å². The van der Waals surface area contributed by atoms with Crippen LogP contribution in [0.3, 0.4) is 0 Å². The molecule has 0 bridgehead atoms. The molecule has 1 aliphatic heterocycles. The standard InChI is InChI=1S/C15H21NO2/c1-12-8-9-16(10-13(12)2)15(17)18-11-14-6-4-3-5-7-14/h3-7,12-13H,8-11H2,1-2H3/t12-,13+/m1/s1. The topological polar surface area (TPSA) is 29.5 Å². The van der Waals surface area contributed by atoms with Gasteiger partial charge < -0.3 is 9.64 Å². The Morgan fingerprint density at radius 2 is 2.00 bits per heavy atom. The van der Waals surface area contributed by atoms with Gasteiger partial charge in [0.1, 0.15) is 6.61 Å². The number of nitrogens with zero attached hydrogens (tertiary/aromatic N) is 1. The Hall–Kier alpha value is -1.51. The number of likely N-dealkylation sites (tertiary alicyclic amines) is 1. The van der Waals surface area contributed by atoms with E-state index in [0.29, 0.717) is 18.4 Å². The predicted octanol–water partition coefficient (Wildman–Crippen LogP) is 3.30. The highest BCUT2D eigenvalue weighted by Crippen LogP contribution is 2.22. The van der Waals surface area contributed by atoms with Crippen molar-refractivity contribution < 1.29 is 9.53 Å². The molecule has 0 aliphatic carbocycles. The van der Waals surface area contributed by atoms with Gasteiger partial charge in [-0.15, -0.1) is 0 Å². The molecule has 1 aromatic rings. The Kier molecular flexibility index (Phi) is 4.24. The minimum Gasteiger partial charge on any atom is -0.445 e. The number of benzene rings is 1. The second-order valence-corrected chi connectivity index (χ2v) is 5.23. The molecule has 1 heterocycles. The molecule has 0 aromatic heterocycles. The molecule has 1 aliphatic rings. The van der Waals surface area contributed by atoms with Crippen LogP contribution in [0, 0.1) is 11.8 Å². The Morgan fingerprint density at radius 1 is 1.28 bits per heavy atom. The smallest absolute Gasteiger partial charge is 0.410 e. The summed E-state index contributed by atoms with van der Waals surface area (Å²) in [5.74, 6) is 1.26. The lowest BCUT2D eigenvalue weighted by molar-refractivity contribution is 0.0703. The molecule has 1 amide bonds. The first kappa shape index (κ1) is 12.9. The van der Waals surface area contributed by atoms with Crippen LogP contribution in [0.1, 0.15) is 25.8 Å². The van der Waals surface area contributed by atoms with Gasteiger partial charge in [0.25, 0.3) is 0 Å². The van der Waals surface area contributed by atoms with Gasteiger partial charge in [-0.1, -0.05) is 44.2 Å². The number of carbonyl (C=O) groups excluding carboxylic acids is 1. The molecule has 98 valence electrons. The molecule has 1 fully saturated rings. The monoisotopic (exact) mass is 247 g/mol. The molecule has 1 aromatic carbocycles. The molecule has 0 saturated carbocycles. The molecule has 3 heteroatoms. The SMILES string of the molecule is C[C@@H]1CCN(C(=O)OCc2ccccc2)C[C@@H]1C. The molecule has 0 unspecified atom stereocenters. The molecular formula is C15H21NO2.